The van der Waals surface area contributed by atoms with Crippen LogP contribution in [0.3, 0.4) is 0 Å². The van der Waals surface area contributed by atoms with Gasteiger partial charge in [0.25, 0.3) is 0 Å². The predicted molar refractivity (Wildman–Crippen MR) is 149 cm³/mol. The van der Waals surface area contributed by atoms with E-state index in [0.29, 0.717) is 30.7 Å². The number of rotatable bonds is 4. The number of ether oxygens (including phenoxy) is 1. The fourth-order valence-electron chi connectivity index (χ4n) is 6.60. The molecule has 212 valence electrons. The molecular weight excluding hydrogens is 494 g/mol. The fourth-order valence-corrected chi connectivity index (χ4v) is 6.60. The highest BCUT2D eigenvalue weighted by Crippen LogP contribution is 2.36. The number of imide groups is 1. The highest BCUT2D eigenvalue weighted by molar-refractivity contribution is 6.02. The van der Waals surface area contributed by atoms with Crippen LogP contribution in [0.4, 0.5) is 4.79 Å². The van der Waals surface area contributed by atoms with Gasteiger partial charge in [-0.3, -0.25) is 19.6 Å². The summed E-state index contributed by atoms with van der Waals surface area (Å²) in [6.45, 7) is 11.8. The van der Waals surface area contributed by atoms with Gasteiger partial charge in [0.1, 0.15) is 5.60 Å². The van der Waals surface area contributed by atoms with E-state index in [0.717, 1.165) is 68.5 Å². The summed E-state index contributed by atoms with van der Waals surface area (Å²) < 4.78 is 7.43. The smallest absolute Gasteiger partial charge is 0.410 e. The predicted octanol–water partition coefficient (Wildman–Crippen LogP) is 4.31. The number of piperidine rings is 3. The summed E-state index contributed by atoms with van der Waals surface area (Å²) in [5.41, 5.74) is 2.69. The number of hydrogen-bond donors (Lipinski definition) is 1. The first kappa shape index (κ1) is 27.6. The Labute approximate surface area is 231 Å². The monoisotopic (exact) mass is 537 g/mol. The zero-order chi connectivity index (χ0) is 27.9. The summed E-state index contributed by atoms with van der Waals surface area (Å²) in [5, 5.41) is 8.16. The Morgan fingerprint density at radius 2 is 1.74 bits per heavy atom. The van der Waals surface area contributed by atoms with Gasteiger partial charge in [-0.15, -0.1) is 0 Å². The van der Waals surface area contributed by atoms with E-state index < -0.39 is 5.60 Å². The Morgan fingerprint density at radius 3 is 2.38 bits per heavy atom. The number of hydrogen-bond acceptors (Lipinski definition) is 6. The number of benzene rings is 1. The Morgan fingerprint density at radius 1 is 1.05 bits per heavy atom. The second kappa shape index (κ2) is 10.9. The van der Waals surface area contributed by atoms with E-state index in [9.17, 15) is 14.4 Å². The molecule has 4 heterocycles. The van der Waals surface area contributed by atoms with Crippen LogP contribution in [0.25, 0.3) is 10.9 Å². The minimum atomic E-state index is -0.456. The van der Waals surface area contributed by atoms with Crippen molar-refractivity contribution < 1.29 is 19.1 Å². The highest BCUT2D eigenvalue weighted by Gasteiger charge is 2.34. The molecular formula is C30H43N5O4. The molecule has 0 saturated carbocycles. The van der Waals surface area contributed by atoms with Crippen LogP contribution in [0.2, 0.25) is 0 Å². The van der Waals surface area contributed by atoms with Crippen LogP contribution in [0.5, 0.6) is 0 Å². The number of aromatic nitrogens is 2. The second-order valence-corrected chi connectivity index (χ2v) is 12.6. The van der Waals surface area contributed by atoms with E-state index in [1.165, 1.54) is 5.56 Å². The quantitative estimate of drug-likeness (QED) is 0.584. The molecule has 2 aromatic rings. The van der Waals surface area contributed by atoms with Crippen molar-refractivity contribution in [2.24, 2.45) is 13.0 Å². The molecule has 39 heavy (non-hydrogen) atoms. The maximum absolute atomic E-state index is 12.5. The van der Waals surface area contributed by atoms with Crippen LogP contribution in [0.15, 0.2) is 18.2 Å². The number of amides is 3. The number of nitrogens with zero attached hydrogens (tertiary/aromatic N) is 4. The molecule has 0 bridgehead atoms. The summed E-state index contributed by atoms with van der Waals surface area (Å²) in [6, 6.07) is 7.07. The molecule has 3 amide bonds. The molecule has 3 aliphatic heterocycles. The third-order valence-electron chi connectivity index (χ3n) is 8.92. The van der Waals surface area contributed by atoms with Crippen molar-refractivity contribution >= 4 is 28.8 Å². The minimum absolute atomic E-state index is 0.191. The van der Waals surface area contributed by atoms with E-state index in [1.54, 1.807) is 0 Å². The van der Waals surface area contributed by atoms with Crippen LogP contribution in [0, 0.1) is 5.92 Å². The molecule has 1 aromatic carbocycles. The van der Waals surface area contributed by atoms with E-state index in [4.69, 9.17) is 9.84 Å². The molecule has 0 aliphatic carbocycles. The Kier molecular flexibility index (Phi) is 7.73. The lowest BCUT2D eigenvalue weighted by Gasteiger charge is -2.42. The van der Waals surface area contributed by atoms with Gasteiger partial charge < -0.3 is 14.5 Å². The molecule has 9 heteroatoms. The molecule has 1 N–H and O–H groups in total. The molecule has 1 aromatic heterocycles. The van der Waals surface area contributed by atoms with Crippen molar-refractivity contribution in [3.63, 3.8) is 0 Å². The fraction of sp³-hybridized carbons (Fsp3) is 0.667. The molecule has 0 spiro atoms. The van der Waals surface area contributed by atoms with E-state index >= 15 is 0 Å². The number of aryl methyl sites for hydroxylation is 1. The Balaban J connectivity index is 1.17. The Hall–Kier alpha value is -2.94. The molecule has 9 nitrogen and oxygen atoms in total. The van der Waals surface area contributed by atoms with Crippen LogP contribution in [-0.4, -0.2) is 75.3 Å². The number of carbonyl (C=O) groups is 3. The zero-order valence-corrected chi connectivity index (χ0v) is 24.0. The maximum Gasteiger partial charge on any atom is 0.410 e. The minimum Gasteiger partial charge on any atom is -0.444 e. The topological polar surface area (TPSA) is 96.8 Å². The molecule has 3 saturated heterocycles. The normalized spacial score (nSPS) is 23.2. The van der Waals surface area contributed by atoms with Crippen molar-refractivity contribution in [3.8, 4) is 0 Å². The standard InChI is InChI=1S/C30H43N5O4/c1-19(20-10-16-35(17-11-20)29(38)39-30(2,3)4)34-14-12-21(13-15-34)22-6-7-23-25(18-22)33(5)32-27(23)24-8-9-26(36)31-28(24)37/h6-7,18-21,24H,8-17H2,1-5H3,(H,31,36,37)/t19-,24?/m0/s1. The van der Waals surface area contributed by atoms with Gasteiger partial charge in [-0.25, -0.2) is 4.79 Å². The number of carbonyl (C=O) groups excluding carboxylic acids is 3. The SMILES string of the molecule is C[C@@H](C1CCN(C(=O)OC(C)(C)C)CC1)N1CCC(c2ccc3c(C4CCC(=O)NC4=O)nn(C)c3c2)CC1. The van der Waals surface area contributed by atoms with Gasteiger partial charge in [0.15, 0.2) is 0 Å². The molecule has 1 unspecified atom stereocenters. The van der Waals surface area contributed by atoms with Crippen molar-refractivity contribution in [1.29, 1.82) is 0 Å². The van der Waals surface area contributed by atoms with Gasteiger partial charge in [-0.2, -0.15) is 5.10 Å². The lowest BCUT2D eigenvalue weighted by Crippen LogP contribution is -2.48. The average Bonchev–Trinajstić information content (AvgIpc) is 3.23. The third-order valence-corrected chi connectivity index (χ3v) is 8.92. The van der Waals surface area contributed by atoms with Crippen LogP contribution in [-0.2, 0) is 21.4 Å². The Bertz CT molecular complexity index is 1230. The largest absolute Gasteiger partial charge is 0.444 e. The van der Waals surface area contributed by atoms with E-state index in [-0.39, 0.29) is 23.8 Å². The number of fused-ring (bicyclic) bond motifs is 1. The molecule has 3 fully saturated rings. The summed E-state index contributed by atoms with van der Waals surface area (Å²) >= 11 is 0. The van der Waals surface area contributed by atoms with Gasteiger partial charge in [0.2, 0.25) is 11.8 Å². The van der Waals surface area contributed by atoms with Crippen LogP contribution < -0.4 is 5.32 Å². The van der Waals surface area contributed by atoms with E-state index in [2.05, 4.69) is 35.3 Å². The van der Waals surface area contributed by atoms with Gasteiger partial charge in [0.05, 0.1) is 17.1 Å². The van der Waals surface area contributed by atoms with Gasteiger partial charge in [-0.05, 0) is 96.4 Å². The number of likely N-dealkylation sites (tertiary alicyclic amines) is 2. The third kappa shape index (κ3) is 5.98. The first-order chi connectivity index (χ1) is 18.5. The zero-order valence-electron chi connectivity index (χ0n) is 24.0. The lowest BCUT2D eigenvalue weighted by atomic mass is 9.85. The molecule has 5 rings (SSSR count). The second-order valence-electron chi connectivity index (χ2n) is 12.6. The first-order valence-electron chi connectivity index (χ1n) is 14.5. The van der Waals surface area contributed by atoms with Crippen molar-refractivity contribution in [2.75, 3.05) is 26.2 Å². The van der Waals surface area contributed by atoms with Crippen molar-refractivity contribution in [1.82, 2.24) is 24.9 Å². The van der Waals surface area contributed by atoms with Crippen molar-refractivity contribution in [3.05, 3.63) is 29.5 Å². The maximum atomic E-state index is 12.5. The summed E-state index contributed by atoms with van der Waals surface area (Å²) in [5.74, 6) is 0.272. The van der Waals surface area contributed by atoms with Crippen LogP contribution in [0.1, 0.15) is 89.3 Å². The summed E-state index contributed by atoms with van der Waals surface area (Å²) in [6.07, 6.45) is 4.94. The molecule has 3 aliphatic rings. The van der Waals surface area contributed by atoms with Gasteiger partial charge in [-0.1, -0.05) is 12.1 Å². The van der Waals surface area contributed by atoms with Crippen molar-refractivity contribution in [2.45, 2.75) is 89.7 Å². The summed E-state index contributed by atoms with van der Waals surface area (Å²) in [7, 11) is 1.93. The average molecular weight is 538 g/mol. The first-order valence-corrected chi connectivity index (χ1v) is 14.5. The van der Waals surface area contributed by atoms with E-state index in [1.807, 2.05) is 37.4 Å². The highest BCUT2D eigenvalue weighted by atomic mass is 16.6. The summed E-state index contributed by atoms with van der Waals surface area (Å²) in [4.78, 5) is 41.0. The molecule has 0 radical (unpaired) electrons. The van der Waals surface area contributed by atoms with Gasteiger partial charge in [0, 0.05) is 38.0 Å². The van der Waals surface area contributed by atoms with Gasteiger partial charge >= 0.3 is 6.09 Å². The number of nitrogens with one attached hydrogen (secondary N) is 1. The molecule has 2 atom stereocenters. The lowest BCUT2D eigenvalue weighted by molar-refractivity contribution is -0.134. The van der Waals surface area contributed by atoms with Crippen LogP contribution >= 0.6 is 0 Å².